The minimum atomic E-state index is 0.721. The molecular weight excluding hydrogens is 212 g/mol. The van der Waals surface area contributed by atoms with Crippen LogP contribution in [0.5, 0.6) is 0 Å². The first-order valence-electron chi connectivity index (χ1n) is 6.57. The van der Waals surface area contributed by atoms with Crippen molar-refractivity contribution in [2.24, 2.45) is 5.92 Å². The molecule has 0 radical (unpaired) electrons. The number of rotatable bonds is 8. The highest BCUT2D eigenvalue weighted by molar-refractivity contribution is 5.32. The molecule has 0 aromatic carbocycles. The molecule has 1 rings (SSSR count). The third-order valence-electron chi connectivity index (χ3n) is 3.00. The molecule has 4 nitrogen and oxygen atoms in total. The molecule has 0 fully saturated rings. The zero-order valence-corrected chi connectivity index (χ0v) is 11.2. The summed E-state index contributed by atoms with van der Waals surface area (Å²) in [6, 6.07) is 4.02. The van der Waals surface area contributed by atoms with Gasteiger partial charge >= 0.3 is 0 Å². The smallest absolute Gasteiger partial charge is 0.148 e. The summed E-state index contributed by atoms with van der Waals surface area (Å²) in [6.45, 7) is 9.25. The van der Waals surface area contributed by atoms with Gasteiger partial charge in [-0.15, -0.1) is 5.10 Å². The van der Waals surface area contributed by atoms with E-state index < -0.39 is 0 Å². The normalized spacial score (nSPS) is 10.8. The largest absolute Gasteiger partial charge is 0.368 e. The molecule has 0 saturated carbocycles. The van der Waals surface area contributed by atoms with Gasteiger partial charge in [-0.3, -0.25) is 0 Å². The Morgan fingerprint density at radius 3 is 2.41 bits per heavy atom. The predicted molar refractivity (Wildman–Crippen MR) is 72.0 cm³/mol. The number of anilines is 1. The van der Waals surface area contributed by atoms with E-state index in [1.54, 1.807) is 0 Å². The molecule has 4 heteroatoms. The van der Waals surface area contributed by atoms with Gasteiger partial charge in [0.25, 0.3) is 0 Å². The van der Waals surface area contributed by atoms with Crippen LogP contribution in [0.3, 0.4) is 0 Å². The molecular formula is C13H24N4. The predicted octanol–water partition coefficient (Wildman–Crippen LogP) is 2.43. The topological polar surface area (TPSA) is 49.8 Å². The first kappa shape index (κ1) is 13.9. The van der Waals surface area contributed by atoms with Crippen LogP contribution in [0.1, 0.15) is 39.3 Å². The Labute approximate surface area is 104 Å². The van der Waals surface area contributed by atoms with Crippen LogP contribution < -0.4 is 10.6 Å². The van der Waals surface area contributed by atoms with Crippen molar-refractivity contribution < 1.29 is 0 Å². The van der Waals surface area contributed by atoms with E-state index in [9.17, 15) is 0 Å². The second-order valence-electron chi connectivity index (χ2n) is 4.25. The van der Waals surface area contributed by atoms with E-state index in [0.717, 1.165) is 37.1 Å². The third kappa shape index (κ3) is 5.13. The highest BCUT2D eigenvalue weighted by Crippen LogP contribution is 2.09. The van der Waals surface area contributed by atoms with Gasteiger partial charge in [-0.1, -0.05) is 33.6 Å². The summed E-state index contributed by atoms with van der Waals surface area (Å²) in [5, 5.41) is 14.9. The summed E-state index contributed by atoms with van der Waals surface area (Å²) in [5.41, 5.74) is 0.986. The van der Waals surface area contributed by atoms with Gasteiger partial charge in [-0.05, 0) is 24.6 Å². The van der Waals surface area contributed by atoms with E-state index >= 15 is 0 Å². The zero-order chi connectivity index (χ0) is 12.5. The molecule has 0 aliphatic heterocycles. The van der Waals surface area contributed by atoms with Crippen LogP contribution in [-0.4, -0.2) is 23.3 Å². The lowest BCUT2D eigenvalue weighted by molar-refractivity contribution is 0.518. The Morgan fingerprint density at radius 1 is 1.12 bits per heavy atom. The SMILES string of the molecule is CCNCc1ccc(NCC(CC)CC)nn1. The third-order valence-corrected chi connectivity index (χ3v) is 3.00. The van der Waals surface area contributed by atoms with E-state index in [1.165, 1.54) is 12.8 Å². The fraction of sp³-hybridized carbons (Fsp3) is 0.692. The number of hydrogen-bond donors (Lipinski definition) is 2. The maximum atomic E-state index is 4.17. The zero-order valence-electron chi connectivity index (χ0n) is 11.2. The lowest BCUT2D eigenvalue weighted by Crippen LogP contribution is -2.15. The van der Waals surface area contributed by atoms with Gasteiger partial charge in [0.15, 0.2) is 0 Å². The van der Waals surface area contributed by atoms with E-state index in [2.05, 4.69) is 41.6 Å². The standard InChI is InChI=1S/C13H24N4/c1-4-11(5-2)9-15-13-8-7-12(16-17-13)10-14-6-3/h7-8,11,14H,4-6,9-10H2,1-3H3,(H,15,17). The second kappa shape index (κ2) is 8.01. The highest BCUT2D eigenvalue weighted by atomic mass is 15.2. The second-order valence-corrected chi connectivity index (χ2v) is 4.25. The number of aromatic nitrogens is 2. The summed E-state index contributed by atoms with van der Waals surface area (Å²) in [6.07, 6.45) is 2.41. The Kier molecular flexibility index (Phi) is 6.55. The van der Waals surface area contributed by atoms with E-state index in [-0.39, 0.29) is 0 Å². The van der Waals surface area contributed by atoms with Crippen molar-refractivity contribution in [3.8, 4) is 0 Å². The summed E-state index contributed by atoms with van der Waals surface area (Å²) in [5.74, 6) is 1.59. The van der Waals surface area contributed by atoms with Crippen molar-refractivity contribution in [1.29, 1.82) is 0 Å². The molecule has 0 aliphatic rings. The number of hydrogen-bond acceptors (Lipinski definition) is 4. The summed E-state index contributed by atoms with van der Waals surface area (Å²) < 4.78 is 0. The number of nitrogens with zero attached hydrogens (tertiary/aromatic N) is 2. The summed E-state index contributed by atoms with van der Waals surface area (Å²) in [4.78, 5) is 0. The van der Waals surface area contributed by atoms with Crippen LogP contribution >= 0.6 is 0 Å². The molecule has 1 heterocycles. The van der Waals surface area contributed by atoms with Crippen LogP contribution in [0.25, 0.3) is 0 Å². The fourth-order valence-electron chi connectivity index (χ4n) is 1.63. The molecule has 0 amide bonds. The molecule has 17 heavy (non-hydrogen) atoms. The van der Waals surface area contributed by atoms with Gasteiger partial charge in [0.05, 0.1) is 5.69 Å². The summed E-state index contributed by atoms with van der Waals surface area (Å²) >= 11 is 0. The quantitative estimate of drug-likeness (QED) is 0.728. The van der Waals surface area contributed by atoms with E-state index in [4.69, 9.17) is 0 Å². The molecule has 0 aliphatic carbocycles. The van der Waals surface area contributed by atoms with Gasteiger partial charge < -0.3 is 10.6 Å². The van der Waals surface area contributed by atoms with Crippen LogP contribution in [0, 0.1) is 5.92 Å². The van der Waals surface area contributed by atoms with Gasteiger partial charge in [0.2, 0.25) is 0 Å². The molecule has 0 bridgehead atoms. The Balaban J connectivity index is 2.39. The average molecular weight is 236 g/mol. The van der Waals surface area contributed by atoms with Gasteiger partial charge in [-0.25, -0.2) is 0 Å². The average Bonchev–Trinajstić information content (AvgIpc) is 2.39. The van der Waals surface area contributed by atoms with Crippen molar-refractivity contribution in [1.82, 2.24) is 15.5 Å². The van der Waals surface area contributed by atoms with Crippen LogP contribution in [0.2, 0.25) is 0 Å². The van der Waals surface area contributed by atoms with E-state index in [1.807, 2.05) is 12.1 Å². The van der Waals surface area contributed by atoms with E-state index in [0.29, 0.717) is 0 Å². The Hall–Kier alpha value is -1.16. The molecule has 0 spiro atoms. The Morgan fingerprint density at radius 2 is 1.88 bits per heavy atom. The van der Waals surface area contributed by atoms with Crippen molar-refractivity contribution in [3.05, 3.63) is 17.8 Å². The first-order valence-corrected chi connectivity index (χ1v) is 6.57. The van der Waals surface area contributed by atoms with Gasteiger partial charge in [-0.2, -0.15) is 5.10 Å². The lowest BCUT2D eigenvalue weighted by atomic mass is 10.0. The van der Waals surface area contributed by atoms with Crippen LogP contribution in [-0.2, 0) is 6.54 Å². The first-order chi connectivity index (χ1) is 8.30. The monoisotopic (exact) mass is 236 g/mol. The maximum absolute atomic E-state index is 4.17. The molecule has 96 valence electrons. The molecule has 1 aromatic heterocycles. The molecule has 2 N–H and O–H groups in total. The van der Waals surface area contributed by atoms with Crippen LogP contribution in [0.4, 0.5) is 5.82 Å². The van der Waals surface area contributed by atoms with Gasteiger partial charge in [0, 0.05) is 13.1 Å². The van der Waals surface area contributed by atoms with Gasteiger partial charge in [0.1, 0.15) is 5.82 Å². The van der Waals surface area contributed by atoms with Crippen LogP contribution in [0.15, 0.2) is 12.1 Å². The minimum Gasteiger partial charge on any atom is -0.368 e. The molecule has 1 aromatic rings. The van der Waals surface area contributed by atoms with Crippen molar-refractivity contribution in [2.45, 2.75) is 40.2 Å². The maximum Gasteiger partial charge on any atom is 0.148 e. The molecule has 0 atom stereocenters. The summed E-state index contributed by atoms with van der Waals surface area (Å²) in [7, 11) is 0. The fourth-order valence-corrected chi connectivity index (χ4v) is 1.63. The number of nitrogens with one attached hydrogen (secondary N) is 2. The molecule has 0 saturated heterocycles. The molecule has 0 unspecified atom stereocenters. The lowest BCUT2D eigenvalue weighted by Gasteiger charge is -2.13. The minimum absolute atomic E-state index is 0.721. The van der Waals surface area contributed by atoms with Crippen molar-refractivity contribution in [3.63, 3.8) is 0 Å². The van der Waals surface area contributed by atoms with Crippen molar-refractivity contribution in [2.75, 3.05) is 18.4 Å². The van der Waals surface area contributed by atoms with Crippen molar-refractivity contribution >= 4 is 5.82 Å². The Bertz CT molecular complexity index is 293. The highest BCUT2D eigenvalue weighted by Gasteiger charge is 2.03.